The van der Waals surface area contributed by atoms with Gasteiger partial charge < -0.3 is 4.74 Å². The monoisotopic (exact) mass is 266 g/mol. The van der Waals surface area contributed by atoms with Crippen LogP contribution >= 0.6 is 34.8 Å². The topological polar surface area (TPSA) is 9.23 Å². The Morgan fingerprint density at radius 2 is 1.60 bits per heavy atom. The molecule has 0 radical (unpaired) electrons. The first-order valence-electron chi connectivity index (χ1n) is 4.87. The van der Waals surface area contributed by atoms with Crippen LogP contribution in [0.4, 0.5) is 0 Å². The lowest BCUT2D eigenvalue weighted by atomic mass is 10.3. The second-order valence-corrected chi connectivity index (χ2v) is 4.45. The first-order valence-corrected chi connectivity index (χ1v) is 6.16. The Balaban J connectivity index is 2.31. The van der Waals surface area contributed by atoms with Crippen molar-refractivity contribution in [1.82, 2.24) is 0 Å². The lowest BCUT2D eigenvalue weighted by Crippen LogP contribution is -1.97. The molecule has 1 rings (SSSR count). The van der Waals surface area contributed by atoms with Gasteiger partial charge in [0.2, 0.25) is 0 Å². The summed E-state index contributed by atoms with van der Waals surface area (Å²) in [6.45, 7) is 0.674. The minimum absolute atomic E-state index is 0.596. The van der Waals surface area contributed by atoms with E-state index in [9.17, 15) is 0 Å². The first-order chi connectivity index (χ1) is 7.22. The third-order valence-corrected chi connectivity index (χ3v) is 2.59. The molecule has 1 aromatic rings. The van der Waals surface area contributed by atoms with Gasteiger partial charge in [0, 0.05) is 15.9 Å². The SMILES string of the molecule is ClCCCCCOc1cc(Cl)cc(Cl)c1. The van der Waals surface area contributed by atoms with Gasteiger partial charge in [0.15, 0.2) is 0 Å². The van der Waals surface area contributed by atoms with Crippen molar-refractivity contribution in [3.8, 4) is 5.75 Å². The fourth-order valence-electron chi connectivity index (χ4n) is 1.18. The van der Waals surface area contributed by atoms with Gasteiger partial charge in [-0.2, -0.15) is 0 Å². The van der Waals surface area contributed by atoms with E-state index in [0.717, 1.165) is 25.0 Å². The number of benzene rings is 1. The standard InChI is InChI=1S/C11H13Cl3O/c12-4-2-1-3-5-15-11-7-9(13)6-10(14)8-11/h6-8H,1-5H2. The van der Waals surface area contributed by atoms with E-state index in [1.807, 2.05) is 0 Å². The molecule has 84 valence electrons. The predicted octanol–water partition coefficient (Wildman–Crippen LogP) is 4.78. The van der Waals surface area contributed by atoms with Gasteiger partial charge in [-0.25, -0.2) is 0 Å². The maximum Gasteiger partial charge on any atom is 0.122 e. The fraction of sp³-hybridized carbons (Fsp3) is 0.455. The molecule has 0 N–H and O–H groups in total. The van der Waals surface area contributed by atoms with Gasteiger partial charge in [-0.15, -0.1) is 11.6 Å². The van der Waals surface area contributed by atoms with E-state index >= 15 is 0 Å². The van der Waals surface area contributed by atoms with Crippen LogP contribution in [-0.2, 0) is 0 Å². The average molecular weight is 268 g/mol. The zero-order chi connectivity index (χ0) is 11.1. The van der Waals surface area contributed by atoms with Crippen molar-refractivity contribution in [3.05, 3.63) is 28.2 Å². The van der Waals surface area contributed by atoms with Gasteiger partial charge in [-0.05, 0) is 37.5 Å². The Morgan fingerprint density at radius 3 is 2.20 bits per heavy atom. The molecule has 0 bridgehead atoms. The molecule has 0 saturated heterocycles. The molecule has 0 aliphatic rings. The molecule has 0 aromatic heterocycles. The van der Waals surface area contributed by atoms with Gasteiger partial charge in [0.05, 0.1) is 6.61 Å². The van der Waals surface area contributed by atoms with Crippen LogP contribution in [0.3, 0.4) is 0 Å². The van der Waals surface area contributed by atoms with Crippen LogP contribution in [0.1, 0.15) is 19.3 Å². The molecule has 15 heavy (non-hydrogen) atoms. The lowest BCUT2D eigenvalue weighted by molar-refractivity contribution is 0.306. The van der Waals surface area contributed by atoms with Crippen LogP contribution in [0.15, 0.2) is 18.2 Å². The molecule has 1 nitrogen and oxygen atoms in total. The summed E-state index contributed by atoms with van der Waals surface area (Å²) in [4.78, 5) is 0. The fourth-order valence-corrected chi connectivity index (χ4v) is 1.87. The summed E-state index contributed by atoms with van der Waals surface area (Å²) >= 11 is 17.2. The molecule has 0 aliphatic heterocycles. The van der Waals surface area contributed by atoms with Crippen molar-refractivity contribution in [2.24, 2.45) is 0 Å². The normalized spacial score (nSPS) is 10.3. The molecule has 0 unspecified atom stereocenters. The van der Waals surface area contributed by atoms with Crippen molar-refractivity contribution < 1.29 is 4.74 Å². The van der Waals surface area contributed by atoms with Gasteiger partial charge >= 0.3 is 0 Å². The Kier molecular flexibility index (Phi) is 6.23. The van der Waals surface area contributed by atoms with E-state index in [0.29, 0.717) is 22.5 Å². The lowest BCUT2D eigenvalue weighted by Gasteiger charge is -2.06. The van der Waals surface area contributed by atoms with Gasteiger partial charge in [0.25, 0.3) is 0 Å². The molecule has 0 amide bonds. The van der Waals surface area contributed by atoms with E-state index < -0.39 is 0 Å². The number of halogens is 3. The van der Waals surface area contributed by atoms with E-state index in [1.54, 1.807) is 18.2 Å². The van der Waals surface area contributed by atoms with Crippen molar-refractivity contribution in [2.45, 2.75) is 19.3 Å². The summed E-state index contributed by atoms with van der Waals surface area (Å²) in [6, 6.07) is 5.20. The zero-order valence-corrected chi connectivity index (χ0v) is 10.6. The third kappa shape index (κ3) is 5.50. The summed E-state index contributed by atoms with van der Waals surface area (Å²) in [5, 5.41) is 1.19. The van der Waals surface area contributed by atoms with Crippen LogP contribution in [-0.4, -0.2) is 12.5 Å². The Morgan fingerprint density at radius 1 is 0.933 bits per heavy atom. The molecule has 1 aromatic carbocycles. The Bertz CT molecular complexity index is 282. The highest BCUT2D eigenvalue weighted by atomic mass is 35.5. The largest absolute Gasteiger partial charge is 0.493 e. The van der Waals surface area contributed by atoms with E-state index in [2.05, 4.69) is 0 Å². The highest BCUT2D eigenvalue weighted by molar-refractivity contribution is 6.34. The van der Waals surface area contributed by atoms with Crippen LogP contribution < -0.4 is 4.74 Å². The summed E-state index contributed by atoms with van der Waals surface area (Å²) in [7, 11) is 0. The predicted molar refractivity (Wildman–Crippen MR) is 66.5 cm³/mol. The molecule has 0 spiro atoms. The number of rotatable bonds is 6. The summed E-state index contributed by atoms with van der Waals surface area (Å²) < 4.78 is 5.50. The summed E-state index contributed by atoms with van der Waals surface area (Å²) in [5.41, 5.74) is 0. The molecule has 4 heteroatoms. The Hall–Kier alpha value is -0.110. The van der Waals surface area contributed by atoms with Gasteiger partial charge in [-0.1, -0.05) is 23.2 Å². The maximum absolute atomic E-state index is 5.83. The molecule has 0 saturated carbocycles. The number of ether oxygens (including phenoxy) is 1. The molecule has 0 aliphatic carbocycles. The first kappa shape index (κ1) is 13.0. The number of alkyl halides is 1. The maximum atomic E-state index is 5.83. The molecular formula is C11H13Cl3O. The van der Waals surface area contributed by atoms with E-state index in [-0.39, 0.29) is 0 Å². The van der Waals surface area contributed by atoms with Crippen LogP contribution in [0.2, 0.25) is 10.0 Å². The quantitative estimate of drug-likeness (QED) is 0.532. The van der Waals surface area contributed by atoms with Crippen molar-refractivity contribution in [2.75, 3.05) is 12.5 Å². The number of hydrogen-bond acceptors (Lipinski definition) is 1. The van der Waals surface area contributed by atoms with Crippen LogP contribution in [0.25, 0.3) is 0 Å². The van der Waals surface area contributed by atoms with E-state index in [4.69, 9.17) is 39.5 Å². The van der Waals surface area contributed by atoms with Crippen LogP contribution in [0, 0.1) is 0 Å². The van der Waals surface area contributed by atoms with E-state index in [1.165, 1.54) is 0 Å². The second kappa shape index (κ2) is 7.21. The molecule has 0 atom stereocenters. The van der Waals surface area contributed by atoms with Crippen molar-refractivity contribution >= 4 is 34.8 Å². The molecular weight excluding hydrogens is 254 g/mol. The summed E-state index contributed by atoms with van der Waals surface area (Å²) in [5.74, 6) is 1.43. The Labute approximate surface area is 105 Å². The number of hydrogen-bond donors (Lipinski definition) is 0. The summed E-state index contributed by atoms with van der Waals surface area (Å²) in [6.07, 6.45) is 3.11. The molecule has 0 fully saturated rings. The average Bonchev–Trinajstić information content (AvgIpc) is 2.16. The van der Waals surface area contributed by atoms with Gasteiger partial charge in [-0.3, -0.25) is 0 Å². The minimum Gasteiger partial charge on any atom is -0.493 e. The highest BCUT2D eigenvalue weighted by Crippen LogP contribution is 2.24. The second-order valence-electron chi connectivity index (χ2n) is 3.20. The zero-order valence-electron chi connectivity index (χ0n) is 8.31. The van der Waals surface area contributed by atoms with Crippen LogP contribution in [0.5, 0.6) is 5.75 Å². The smallest absolute Gasteiger partial charge is 0.122 e. The number of unbranched alkanes of at least 4 members (excludes halogenated alkanes) is 2. The third-order valence-electron chi connectivity index (χ3n) is 1.88. The van der Waals surface area contributed by atoms with Gasteiger partial charge in [0.1, 0.15) is 5.75 Å². The van der Waals surface area contributed by atoms with Crippen molar-refractivity contribution in [1.29, 1.82) is 0 Å². The van der Waals surface area contributed by atoms with Crippen molar-refractivity contribution in [3.63, 3.8) is 0 Å². The minimum atomic E-state index is 0.596. The highest BCUT2D eigenvalue weighted by Gasteiger charge is 1.98. The molecule has 0 heterocycles.